The van der Waals surface area contributed by atoms with E-state index in [4.69, 9.17) is 0 Å². The Morgan fingerprint density at radius 2 is 1.96 bits per heavy atom. The molecule has 2 aromatic heterocycles. The number of carbonyl (C=O) groups is 1. The van der Waals surface area contributed by atoms with Crippen LogP contribution in [0.25, 0.3) is 5.69 Å². The van der Waals surface area contributed by atoms with Gasteiger partial charge in [0.15, 0.2) is 5.82 Å². The Bertz CT molecular complexity index is 1060. The lowest BCUT2D eigenvalue weighted by atomic mass is 10.2. The molecule has 0 aliphatic heterocycles. The number of benzene rings is 2. The van der Waals surface area contributed by atoms with Crippen molar-refractivity contribution in [3.8, 4) is 5.69 Å². The lowest BCUT2D eigenvalue weighted by Crippen LogP contribution is -2.12. The first-order chi connectivity index (χ1) is 13.2. The first-order valence-corrected chi connectivity index (χ1v) is 8.21. The summed E-state index contributed by atoms with van der Waals surface area (Å²) in [6.45, 7) is 0.565. The van der Waals surface area contributed by atoms with Gasteiger partial charge in [-0.1, -0.05) is 30.3 Å². The van der Waals surface area contributed by atoms with Crippen molar-refractivity contribution in [2.24, 2.45) is 0 Å². The van der Waals surface area contributed by atoms with E-state index in [0.29, 0.717) is 17.8 Å². The first-order valence-electron chi connectivity index (χ1n) is 8.21. The number of aromatic nitrogens is 5. The van der Waals surface area contributed by atoms with E-state index in [9.17, 15) is 9.18 Å². The fourth-order valence-electron chi connectivity index (χ4n) is 2.64. The summed E-state index contributed by atoms with van der Waals surface area (Å²) >= 11 is 0. The minimum atomic E-state index is -0.516. The third-order valence-corrected chi connectivity index (χ3v) is 3.95. The average Bonchev–Trinajstić information content (AvgIpc) is 3.35. The highest BCUT2D eigenvalue weighted by Crippen LogP contribution is 2.18. The predicted octanol–water partition coefficient (Wildman–Crippen LogP) is 2.90. The average molecular weight is 362 g/mol. The molecular weight excluding hydrogens is 347 g/mol. The number of rotatable bonds is 5. The number of amides is 1. The van der Waals surface area contributed by atoms with Gasteiger partial charge in [-0.25, -0.2) is 14.1 Å². The molecule has 134 valence electrons. The van der Waals surface area contributed by atoms with Crippen LogP contribution in [0.3, 0.4) is 0 Å². The molecule has 4 aromatic rings. The van der Waals surface area contributed by atoms with Gasteiger partial charge in [0.1, 0.15) is 18.3 Å². The Morgan fingerprint density at radius 1 is 1.11 bits per heavy atom. The molecule has 2 heterocycles. The summed E-state index contributed by atoms with van der Waals surface area (Å²) in [4.78, 5) is 16.2. The number of carbonyl (C=O) groups excluding carboxylic acids is 1. The van der Waals surface area contributed by atoms with Crippen LogP contribution < -0.4 is 5.32 Å². The van der Waals surface area contributed by atoms with Gasteiger partial charge in [0.2, 0.25) is 0 Å². The van der Waals surface area contributed by atoms with Gasteiger partial charge >= 0.3 is 0 Å². The van der Waals surface area contributed by atoms with Crippen LogP contribution in [0.4, 0.5) is 10.1 Å². The molecule has 1 N–H and O–H groups in total. The molecule has 0 radical (unpaired) electrons. The van der Waals surface area contributed by atoms with Gasteiger partial charge in [0.25, 0.3) is 5.91 Å². The number of nitrogens with one attached hydrogen (secondary N) is 1. The Labute approximate surface area is 154 Å². The minimum Gasteiger partial charge on any atom is -0.322 e. The third kappa shape index (κ3) is 3.74. The van der Waals surface area contributed by atoms with Crippen LogP contribution in [-0.4, -0.2) is 30.5 Å². The van der Waals surface area contributed by atoms with Crippen LogP contribution in [0.1, 0.15) is 15.9 Å². The molecule has 0 aliphatic carbocycles. The van der Waals surface area contributed by atoms with Crippen molar-refractivity contribution in [1.82, 2.24) is 24.5 Å². The third-order valence-electron chi connectivity index (χ3n) is 3.95. The zero-order valence-electron chi connectivity index (χ0n) is 14.2. The van der Waals surface area contributed by atoms with E-state index in [2.05, 4.69) is 20.5 Å². The van der Waals surface area contributed by atoms with E-state index < -0.39 is 5.82 Å². The summed E-state index contributed by atoms with van der Waals surface area (Å²) in [6, 6.07) is 14.2. The smallest absolute Gasteiger partial charge is 0.258 e. The maximum atomic E-state index is 14.3. The fourth-order valence-corrected chi connectivity index (χ4v) is 2.64. The van der Waals surface area contributed by atoms with Crippen molar-refractivity contribution < 1.29 is 9.18 Å². The molecule has 27 heavy (non-hydrogen) atoms. The van der Waals surface area contributed by atoms with Crippen molar-refractivity contribution in [3.63, 3.8) is 0 Å². The zero-order valence-corrected chi connectivity index (χ0v) is 14.2. The summed E-state index contributed by atoms with van der Waals surface area (Å²) in [5, 5.41) is 10.8. The van der Waals surface area contributed by atoms with Gasteiger partial charge < -0.3 is 5.32 Å². The Hall–Kier alpha value is -3.81. The second-order valence-electron chi connectivity index (χ2n) is 5.87. The lowest BCUT2D eigenvalue weighted by Gasteiger charge is -2.07. The van der Waals surface area contributed by atoms with Gasteiger partial charge in [0, 0.05) is 11.9 Å². The molecule has 0 spiro atoms. The van der Waals surface area contributed by atoms with Gasteiger partial charge in [-0.15, -0.1) is 0 Å². The van der Waals surface area contributed by atoms with Crippen molar-refractivity contribution >= 4 is 11.6 Å². The van der Waals surface area contributed by atoms with E-state index in [-0.39, 0.29) is 11.6 Å². The molecule has 7 nitrogen and oxygen atoms in total. The second kappa shape index (κ2) is 7.20. The number of anilines is 1. The summed E-state index contributed by atoms with van der Waals surface area (Å²) in [6.07, 6.45) is 5.86. The molecule has 0 saturated carbocycles. The summed E-state index contributed by atoms with van der Waals surface area (Å²) in [5.74, 6) is -0.875. The van der Waals surface area contributed by atoms with Crippen LogP contribution in [-0.2, 0) is 6.54 Å². The minimum absolute atomic E-state index is 0.251. The maximum absolute atomic E-state index is 14.3. The van der Waals surface area contributed by atoms with Crippen molar-refractivity contribution in [1.29, 1.82) is 0 Å². The molecule has 0 fully saturated rings. The first kappa shape index (κ1) is 16.6. The molecule has 2 aromatic carbocycles. The zero-order chi connectivity index (χ0) is 18.6. The molecule has 0 unspecified atom stereocenters. The Kier molecular flexibility index (Phi) is 4.44. The number of halogens is 1. The molecule has 0 bridgehead atoms. The SMILES string of the molecule is O=C(Nc1ccc(-n2cncn2)c(F)c1)c1cnn(Cc2ccccc2)c1. The quantitative estimate of drug-likeness (QED) is 0.592. The van der Waals surface area contributed by atoms with Crippen molar-refractivity contribution in [2.45, 2.75) is 6.54 Å². The van der Waals surface area contributed by atoms with E-state index >= 15 is 0 Å². The highest BCUT2D eigenvalue weighted by molar-refractivity contribution is 6.03. The highest BCUT2D eigenvalue weighted by atomic mass is 19.1. The topological polar surface area (TPSA) is 77.6 Å². The van der Waals surface area contributed by atoms with E-state index in [1.165, 1.54) is 35.7 Å². The monoisotopic (exact) mass is 362 g/mol. The van der Waals surface area contributed by atoms with Crippen LogP contribution >= 0.6 is 0 Å². The van der Waals surface area contributed by atoms with Crippen LogP contribution in [0.5, 0.6) is 0 Å². The predicted molar refractivity (Wildman–Crippen MR) is 97.0 cm³/mol. The normalized spacial score (nSPS) is 10.7. The molecule has 0 atom stereocenters. The highest BCUT2D eigenvalue weighted by Gasteiger charge is 2.12. The van der Waals surface area contributed by atoms with Gasteiger partial charge in [-0.2, -0.15) is 10.2 Å². The summed E-state index contributed by atoms with van der Waals surface area (Å²) in [5.41, 5.74) is 2.07. The summed E-state index contributed by atoms with van der Waals surface area (Å²) in [7, 11) is 0. The van der Waals surface area contributed by atoms with Crippen molar-refractivity contribution in [2.75, 3.05) is 5.32 Å². The lowest BCUT2D eigenvalue weighted by molar-refractivity contribution is 0.102. The molecule has 4 rings (SSSR count). The standard InChI is InChI=1S/C19H15FN6O/c20-17-8-16(6-7-18(17)26-13-21-12-23-26)24-19(27)15-9-22-25(11-15)10-14-4-2-1-3-5-14/h1-9,11-13H,10H2,(H,24,27). The van der Waals surface area contributed by atoms with Crippen LogP contribution in [0.2, 0.25) is 0 Å². The van der Waals surface area contributed by atoms with E-state index in [0.717, 1.165) is 5.56 Å². The van der Waals surface area contributed by atoms with Crippen molar-refractivity contribution in [3.05, 3.63) is 90.5 Å². The molecular formula is C19H15FN6O. The number of nitrogens with zero attached hydrogens (tertiary/aromatic N) is 5. The largest absolute Gasteiger partial charge is 0.322 e. The molecule has 0 aliphatic rings. The van der Waals surface area contributed by atoms with Gasteiger partial charge in [-0.3, -0.25) is 9.48 Å². The van der Waals surface area contributed by atoms with Gasteiger partial charge in [0.05, 0.1) is 18.3 Å². The van der Waals surface area contributed by atoms with Crippen LogP contribution in [0.15, 0.2) is 73.6 Å². The number of hydrogen-bond acceptors (Lipinski definition) is 4. The Balaban J connectivity index is 1.46. The molecule has 0 saturated heterocycles. The van der Waals surface area contributed by atoms with E-state index in [1.54, 1.807) is 16.9 Å². The summed E-state index contributed by atoms with van der Waals surface area (Å²) < 4.78 is 17.2. The second-order valence-corrected chi connectivity index (χ2v) is 5.87. The fraction of sp³-hybridized carbons (Fsp3) is 0.0526. The van der Waals surface area contributed by atoms with E-state index in [1.807, 2.05) is 30.3 Å². The maximum Gasteiger partial charge on any atom is 0.258 e. The Morgan fingerprint density at radius 3 is 2.70 bits per heavy atom. The molecule has 1 amide bonds. The van der Waals surface area contributed by atoms with Crippen LogP contribution in [0, 0.1) is 5.82 Å². The number of hydrogen-bond donors (Lipinski definition) is 1. The van der Waals surface area contributed by atoms with Gasteiger partial charge in [-0.05, 0) is 23.8 Å². The molecule has 8 heteroatoms.